The Kier molecular flexibility index (Phi) is 5.68. The molecule has 3 aromatic rings. The van der Waals surface area contributed by atoms with Crippen LogP contribution in [0, 0.1) is 6.92 Å². The van der Waals surface area contributed by atoms with Crippen molar-refractivity contribution in [3.63, 3.8) is 0 Å². The number of anilines is 1. The average molecular weight is 419 g/mol. The van der Waals surface area contributed by atoms with Crippen molar-refractivity contribution in [2.75, 3.05) is 11.9 Å². The number of nitrogens with zero attached hydrogens (tertiary/aromatic N) is 1. The van der Waals surface area contributed by atoms with Gasteiger partial charge in [-0.15, -0.1) is 11.3 Å². The summed E-state index contributed by atoms with van der Waals surface area (Å²) in [6.45, 7) is 4.75. The molecule has 0 saturated heterocycles. The fourth-order valence-corrected chi connectivity index (χ4v) is 4.07. The van der Waals surface area contributed by atoms with E-state index in [1.165, 1.54) is 16.2 Å². The summed E-state index contributed by atoms with van der Waals surface area (Å²) in [5, 5.41) is 5.07. The minimum Gasteiger partial charge on any atom is -0.494 e. The third-order valence-corrected chi connectivity index (χ3v) is 5.72. The van der Waals surface area contributed by atoms with Crippen LogP contribution in [0.25, 0.3) is 5.57 Å². The van der Waals surface area contributed by atoms with Crippen LogP contribution in [0.2, 0.25) is 0 Å². The first kappa shape index (κ1) is 19.9. The third kappa shape index (κ3) is 4.00. The maximum absolute atomic E-state index is 13.2. The number of carbonyl (C=O) groups excluding carboxylic acids is 2. The van der Waals surface area contributed by atoms with Gasteiger partial charge in [0.2, 0.25) is 0 Å². The van der Waals surface area contributed by atoms with Crippen LogP contribution in [0.3, 0.4) is 0 Å². The van der Waals surface area contributed by atoms with Gasteiger partial charge in [0.25, 0.3) is 11.8 Å². The lowest BCUT2D eigenvalue weighted by atomic mass is 10.1. The topological polar surface area (TPSA) is 58.6 Å². The zero-order valence-electron chi connectivity index (χ0n) is 16.8. The molecule has 0 spiro atoms. The van der Waals surface area contributed by atoms with Crippen LogP contribution in [0.1, 0.15) is 22.9 Å². The number of thiophene rings is 1. The molecule has 0 unspecified atom stereocenters. The summed E-state index contributed by atoms with van der Waals surface area (Å²) in [5.74, 6) is 0.152. The first-order valence-corrected chi connectivity index (χ1v) is 10.6. The Morgan fingerprint density at radius 1 is 0.967 bits per heavy atom. The van der Waals surface area contributed by atoms with E-state index in [1.807, 2.05) is 79.9 Å². The molecule has 5 nitrogen and oxygen atoms in total. The molecule has 1 N–H and O–H groups in total. The Balaban J connectivity index is 1.64. The van der Waals surface area contributed by atoms with Gasteiger partial charge in [-0.1, -0.05) is 35.9 Å². The van der Waals surface area contributed by atoms with Gasteiger partial charge >= 0.3 is 0 Å². The normalized spacial score (nSPS) is 13.9. The first-order chi connectivity index (χ1) is 14.6. The van der Waals surface area contributed by atoms with Crippen molar-refractivity contribution in [3.8, 4) is 5.75 Å². The van der Waals surface area contributed by atoms with E-state index in [-0.39, 0.29) is 18.4 Å². The van der Waals surface area contributed by atoms with Crippen molar-refractivity contribution < 1.29 is 14.3 Å². The van der Waals surface area contributed by atoms with Gasteiger partial charge in [0.1, 0.15) is 11.4 Å². The Bertz CT molecular complexity index is 1080. The van der Waals surface area contributed by atoms with Crippen molar-refractivity contribution in [1.29, 1.82) is 0 Å². The summed E-state index contributed by atoms with van der Waals surface area (Å²) in [7, 11) is 0. The second-order valence-electron chi connectivity index (χ2n) is 6.99. The number of amides is 2. The van der Waals surface area contributed by atoms with Crippen molar-refractivity contribution >= 4 is 34.4 Å². The van der Waals surface area contributed by atoms with Crippen LogP contribution in [0.5, 0.6) is 5.75 Å². The maximum atomic E-state index is 13.2. The van der Waals surface area contributed by atoms with Gasteiger partial charge in [-0.25, -0.2) is 0 Å². The molecule has 1 aliphatic heterocycles. The van der Waals surface area contributed by atoms with Crippen molar-refractivity contribution in [2.24, 2.45) is 0 Å². The fourth-order valence-electron chi connectivity index (χ4n) is 3.31. The summed E-state index contributed by atoms with van der Waals surface area (Å²) in [6, 6.07) is 18.9. The molecule has 0 bridgehead atoms. The van der Waals surface area contributed by atoms with Crippen LogP contribution in [-0.2, 0) is 16.1 Å². The highest BCUT2D eigenvalue weighted by molar-refractivity contribution is 7.11. The van der Waals surface area contributed by atoms with Crippen molar-refractivity contribution in [1.82, 2.24) is 4.90 Å². The number of ether oxygens (including phenoxy) is 1. The number of carbonyl (C=O) groups is 2. The predicted octanol–water partition coefficient (Wildman–Crippen LogP) is 4.85. The molecular weight excluding hydrogens is 396 g/mol. The van der Waals surface area contributed by atoms with E-state index in [1.54, 1.807) is 0 Å². The van der Waals surface area contributed by atoms with Crippen LogP contribution >= 0.6 is 11.3 Å². The molecule has 30 heavy (non-hydrogen) atoms. The number of nitrogens with one attached hydrogen (secondary N) is 1. The number of rotatable bonds is 7. The number of aryl methyl sites for hydroxylation is 1. The van der Waals surface area contributed by atoms with Crippen molar-refractivity contribution in [2.45, 2.75) is 20.4 Å². The van der Waals surface area contributed by atoms with Crippen LogP contribution in [0.15, 0.2) is 71.7 Å². The minimum absolute atomic E-state index is 0.237. The molecule has 6 heteroatoms. The molecule has 0 radical (unpaired) electrons. The molecule has 0 fully saturated rings. The van der Waals surface area contributed by atoms with Crippen LogP contribution in [0.4, 0.5) is 5.69 Å². The van der Waals surface area contributed by atoms with Gasteiger partial charge in [-0.3, -0.25) is 14.5 Å². The summed E-state index contributed by atoms with van der Waals surface area (Å²) in [6.07, 6.45) is 0. The molecular formula is C24H22N2O3S. The monoisotopic (exact) mass is 418 g/mol. The number of benzene rings is 2. The van der Waals surface area contributed by atoms with Crippen LogP contribution < -0.4 is 10.1 Å². The van der Waals surface area contributed by atoms with E-state index in [9.17, 15) is 9.59 Å². The molecule has 0 atom stereocenters. The third-order valence-electron chi connectivity index (χ3n) is 4.83. The Morgan fingerprint density at radius 3 is 2.33 bits per heavy atom. The molecule has 1 aromatic heterocycles. The molecule has 1 aliphatic rings. The first-order valence-electron chi connectivity index (χ1n) is 9.76. The largest absolute Gasteiger partial charge is 0.494 e. The van der Waals surface area contributed by atoms with Crippen LogP contribution in [-0.4, -0.2) is 23.3 Å². The molecule has 152 valence electrons. The highest BCUT2D eigenvalue weighted by Gasteiger charge is 2.39. The molecule has 0 saturated carbocycles. The minimum atomic E-state index is -0.321. The van der Waals surface area contributed by atoms with Crippen molar-refractivity contribution in [3.05, 3.63) is 87.7 Å². The average Bonchev–Trinajstić information content (AvgIpc) is 3.34. The second-order valence-corrected chi connectivity index (χ2v) is 7.94. The van der Waals surface area contributed by atoms with E-state index in [0.717, 1.165) is 27.4 Å². The maximum Gasteiger partial charge on any atom is 0.278 e. The lowest BCUT2D eigenvalue weighted by Crippen LogP contribution is -2.31. The van der Waals surface area contributed by atoms with E-state index in [2.05, 4.69) is 5.32 Å². The molecule has 4 rings (SSSR count). The number of hydrogen-bond acceptors (Lipinski definition) is 5. The molecule has 2 amide bonds. The quantitative estimate of drug-likeness (QED) is 0.558. The lowest BCUT2D eigenvalue weighted by Gasteiger charge is -2.15. The number of imide groups is 1. The van der Waals surface area contributed by atoms with E-state index in [4.69, 9.17) is 4.74 Å². The predicted molar refractivity (Wildman–Crippen MR) is 119 cm³/mol. The number of hydrogen-bond donors (Lipinski definition) is 1. The molecule has 0 aliphatic carbocycles. The summed E-state index contributed by atoms with van der Waals surface area (Å²) in [4.78, 5) is 28.5. The van der Waals surface area contributed by atoms with Gasteiger partial charge < -0.3 is 10.1 Å². The van der Waals surface area contributed by atoms with Gasteiger partial charge in [0.05, 0.1) is 18.7 Å². The smallest absolute Gasteiger partial charge is 0.278 e. The second kappa shape index (κ2) is 8.55. The summed E-state index contributed by atoms with van der Waals surface area (Å²) >= 11 is 1.44. The Morgan fingerprint density at radius 2 is 1.70 bits per heavy atom. The van der Waals surface area contributed by atoms with E-state index in [0.29, 0.717) is 17.9 Å². The highest BCUT2D eigenvalue weighted by Crippen LogP contribution is 2.34. The summed E-state index contributed by atoms with van der Waals surface area (Å²) in [5.41, 5.74) is 3.48. The van der Waals surface area contributed by atoms with Gasteiger partial charge in [-0.05, 0) is 55.1 Å². The van der Waals surface area contributed by atoms with Gasteiger partial charge in [-0.2, -0.15) is 0 Å². The highest BCUT2D eigenvalue weighted by atomic mass is 32.1. The fraction of sp³-hybridized carbons (Fsp3) is 0.167. The summed E-state index contributed by atoms with van der Waals surface area (Å²) < 4.78 is 5.47. The Labute approximate surface area is 179 Å². The lowest BCUT2D eigenvalue weighted by molar-refractivity contribution is -0.137. The van der Waals surface area contributed by atoms with E-state index >= 15 is 0 Å². The zero-order chi connectivity index (χ0) is 21.1. The zero-order valence-corrected chi connectivity index (χ0v) is 17.7. The molecule has 2 aromatic carbocycles. The molecule has 2 heterocycles. The van der Waals surface area contributed by atoms with Gasteiger partial charge in [0, 0.05) is 10.6 Å². The Hall–Kier alpha value is -3.38. The van der Waals surface area contributed by atoms with E-state index < -0.39 is 0 Å². The van der Waals surface area contributed by atoms with Gasteiger partial charge in [0.15, 0.2) is 0 Å². The standard InChI is InChI=1S/C24H22N2O3S/c1-3-29-19-12-10-18(11-13-19)25-22-21(20-5-4-14-30-20)23(27)26(24(22)28)15-17-8-6-16(2)7-9-17/h4-14,25H,3,15H2,1-2H3. The SMILES string of the molecule is CCOc1ccc(NC2=C(c3cccs3)C(=O)N(Cc3ccc(C)cc3)C2=O)cc1.